The van der Waals surface area contributed by atoms with Gasteiger partial charge in [0.05, 0.1) is 6.10 Å². The number of hydrogen-bond acceptors (Lipinski definition) is 2. The lowest BCUT2D eigenvalue weighted by molar-refractivity contribution is 0.170. The Morgan fingerprint density at radius 1 is 0.870 bits per heavy atom. The van der Waals surface area contributed by atoms with E-state index < -0.39 is 6.10 Å². The molecule has 2 heteroatoms. The molecule has 3 aromatic rings. The summed E-state index contributed by atoms with van der Waals surface area (Å²) in [7, 11) is 0. The third-order valence-corrected chi connectivity index (χ3v) is 4.25. The summed E-state index contributed by atoms with van der Waals surface area (Å²) in [6.07, 6.45) is 0.481. The molecule has 0 spiro atoms. The van der Waals surface area contributed by atoms with Gasteiger partial charge in [-0.3, -0.25) is 0 Å². The monoisotopic (exact) mass is 305 g/mol. The van der Waals surface area contributed by atoms with Crippen molar-refractivity contribution in [2.45, 2.75) is 25.5 Å². The van der Waals surface area contributed by atoms with E-state index in [2.05, 4.69) is 54.7 Å². The number of nitrogens with one attached hydrogen (secondary N) is 1. The van der Waals surface area contributed by atoms with Crippen LogP contribution in [-0.2, 0) is 6.42 Å². The van der Waals surface area contributed by atoms with Gasteiger partial charge in [-0.1, -0.05) is 72.8 Å². The minimum absolute atomic E-state index is 0.305. The maximum Gasteiger partial charge on any atom is 0.0914 e. The fourth-order valence-electron chi connectivity index (χ4n) is 2.98. The summed E-state index contributed by atoms with van der Waals surface area (Å²) in [5.74, 6) is 0. The maximum absolute atomic E-state index is 10.2. The van der Waals surface area contributed by atoms with E-state index in [1.54, 1.807) is 0 Å². The molecule has 118 valence electrons. The lowest BCUT2D eigenvalue weighted by atomic mass is 9.99. The Morgan fingerprint density at radius 3 is 2.39 bits per heavy atom. The number of rotatable bonds is 6. The van der Waals surface area contributed by atoms with Crippen molar-refractivity contribution in [2.24, 2.45) is 0 Å². The minimum Gasteiger partial charge on any atom is -0.387 e. The first kappa shape index (κ1) is 15.7. The van der Waals surface area contributed by atoms with Gasteiger partial charge in [0.1, 0.15) is 0 Å². The summed E-state index contributed by atoms with van der Waals surface area (Å²) in [5, 5.41) is 16.3. The zero-order chi connectivity index (χ0) is 16.1. The largest absolute Gasteiger partial charge is 0.387 e. The summed E-state index contributed by atoms with van der Waals surface area (Å²) in [6.45, 7) is 2.73. The summed E-state index contributed by atoms with van der Waals surface area (Å²) >= 11 is 0. The SMILES string of the molecule is CC(Cc1cccc2ccccc12)NCC(O)c1ccccc1. The quantitative estimate of drug-likeness (QED) is 0.719. The molecule has 0 fully saturated rings. The van der Waals surface area contributed by atoms with Gasteiger partial charge in [-0.05, 0) is 35.2 Å². The Balaban J connectivity index is 1.62. The summed E-state index contributed by atoms with van der Waals surface area (Å²) in [4.78, 5) is 0. The smallest absolute Gasteiger partial charge is 0.0914 e. The molecule has 3 aromatic carbocycles. The third-order valence-electron chi connectivity index (χ3n) is 4.25. The fourth-order valence-corrected chi connectivity index (χ4v) is 2.98. The van der Waals surface area contributed by atoms with Crippen molar-refractivity contribution in [1.82, 2.24) is 5.32 Å². The van der Waals surface area contributed by atoms with E-state index in [9.17, 15) is 5.11 Å². The first-order chi connectivity index (χ1) is 11.2. The summed E-state index contributed by atoms with van der Waals surface area (Å²) in [5.41, 5.74) is 2.30. The number of aliphatic hydroxyl groups excluding tert-OH is 1. The molecule has 0 aliphatic heterocycles. The molecule has 2 atom stereocenters. The van der Waals surface area contributed by atoms with Crippen molar-refractivity contribution in [3.05, 3.63) is 83.9 Å². The first-order valence-corrected chi connectivity index (χ1v) is 8.17. The van der Waals surface area contributed by atoms with Crippen LogP contribution in [0.1, 0.15) is 24.2 Å². The summed E-state index contributed by atoms with van der Waals surface area (Å²) < 4.78 is 0. The molecule has 2 unspecified atom stereocenters. The Bertz CT molecular complexity index is 749. The predicted molar refractivity (Wildman–Crippen MR) is 96.5 cm³/mol. The molecule has 0 bridgehead atoms. The van der Waals surface area contributed by atoms with Gasteiger partial charge in [0.25, 0.3) is 0 Å². The Morgan fingerprint density at radius 2 is 1.57 bits per heavy atom. The van der Waals surface area contributed by atoms with Crippen molar-refractivity contribution >= 4 is 10.8 Å². The highest BCUT2D eigenvalue weighted by Crippen LogP contribution is 2.20. The van der Waals surface area contributed by atoms with Crippen LogP contribution < -0.4 is 5.32 Å². The highest BCUT2D eigenvalue weighted by atomic mass is 16.3. The van der Waals surface area contributed by atoms with E-state index in [1.165, 1.54) is 16.3 Å². The molecule has 0 aromatic heterocycles. The molecule has 0 amide bonds. The minimum atomic E-state index is -0.467. The highest BCUT2D eigenvalue weighted by Gasteiger charge is 2.10. The van der Waals surface area contributed by atoms with Gasteiger partial charge < -0.3 is 10.4 Å². The van der Waals surface area contributed by atoms with Gasteiger partial charge in [0.2, 0.25) is 0 Å². The second-order valence-corrected chi connectivity index (χ2v) is 6.08. The molecule has 0 heterocycles. The average Bonchev–Trinajstić information content (AvgIpc) is 2.61. The van der Waals surface area contributed by atoms with E-state index in [-0.39, 0.29) is 0 Å². The topological polar surface area (TPSA) is 32.3 Å². The molecule has 23 heavy (non-hydrogen) atoms. The standard InChI is InChI=1S/C21H23NO/c1-16(22-15-21(23)18-9-3-2-4-10-18)14-19-12-7-11-17-8-5-6-13-20(17)19/h2-13,16,21-23H,14-15H2,1H3. The molecule has 2 nitrogen and oxygen atoms in total. The zero-order valence-electron chi connectivity index (χ0n) is 13.4. The lowest BCUT2D eigenvalue weighted by Gasteiger charge is -2.18. The number of hydrogen-bond donors (Lipinski definition) is 2. The molecule has 3 rings (SSSR count). The van der Waals surface area contributed by atoms with E-state index in [4.69, 9.17) is 0 Å². The predicted octanol–water partition coefficient (Wildman–Crippen LogP) is 4.09. The number of aliphatic hydroxyl groups is 1. The second-order valence-electron chi connectivity index (χ2n) is 6.08. The van der Waals surface area contributed by atoms with Gasteiger partial charge in [-0.15, -0.1) is 0 Å². The van der Waals surface area contributed by atoms with Crippen molar-refractivity contribution in [1.29, 1.82) is 0 Å². The van der Waals surface area contributed by atoms with Crippen molar-refractivity contribution in [3.63, 3.8) is 0 Å². The average molecular weight is 305 g/mol. The molecule has 0 saturated carbocycles. The third kappa shape index (κ3) is 3.98. The number of benzene rings is 3. The normalized spacial score (nSPS) is 13.8. The Kier molecular flexibility index (Phi) is 5.06. The van der Waals surface area contributed by atoms with Gasteiger partial charge in [0.15, 0.2) is 0 Å². The number of fused-ring (bicyclic) bond motifs is 1. The van der Waals surface area contributed by atoms with Crippen LogP contribution in [0, 0.1) is 0 Å². The molecule has 2 N–H and O–H groups in total. The van der Waals surface area contributed by atoms with Crippen LogP contribution in [0.5, 0.6) is 0 Å². The van der Waals surface area contributed by atoms with E-state index >= 15 is 0 Å². The zero-order valence-corrected chi connectivity index (χ0v) is 13.4. The van der Waals surface area contributed by atoms with E-state index in [0.29, 0.717) is 12.6 Å². The maximum atomic E-state index is 10.2. The molecule has 0 saturated heterocycles. The molecule has 0 aliphatic rings. The first-order valence-electron chi connectivity index (χ1n) is 8.17. The lowest BCUT2D eigenvalue weighted by Crippen LogP contribution is -2.32. The van der Waals surface area contributed by atoms with Gasteiger partial charge in [-0.2, -0.15) is 0 Å². The van der Waals surface area contributed by atoms with Crippen LogP contribution in [0.15, 0.2) is 72.8 Å². The van der Waals surface area contributed by atoms with Gasteiger partial charge in [-0.25, -0.2) is 0 Å². The fraction of sp³-hybridized carbons (Fsp3) is 0.238. The molecular weight excluding hydrogens is 282 g/mol. The van der Waals surface area contributed by atoms with Crippen LogP contribution in [-0.4, -0.2) is 17.7 Å². The molecular formula is C21H23NO. The van der Waals surface area contributed by atoms with E-state index in [1.807, 2.05) is 30.3 Å². The van der Waals surface area contributed by atoms with Crippen LogP contribution in [0.2, 0.25) is 0 Å². The van der Waals surface area contributed by atoms with Crippen molar-refractivity contribution in [3.8, 4) is 0 Å². The molecule has 0 aliphatic carbocycles. The highest BCUT2D eigenvalue weighted by molar-refractivity contribution is 5.85. The Hall–Kier alpha value is -2.16. The van der Waals surface area contributed by atoms with Crippen LogP contribution >= 0.6 is 0 Å². The summed E-state index contributed by atoms with van der Waals surface area (Å²) in [6, 6.07) is 25.0. The van der Waals surface area contributed by atoms with Gasteiger partial charge in [0, 0.05) is 12.6 Å². The van der Waals surface area contributed by atoms with Crippen LogP contribution in [0.4, 0.5) is 0 Å². The van der Waals surface area contributed by atoms with Crippen LogP contribution in [0.25, 0.3) is 10.8 Å². The van der Waals surface area contributed by atoms with Crippen molar-refractivity contribution < 1.29 is 5.11 Å². The van der Waals surface area contributed by atoms with Crippen LogP contribution in [0.3, 0.4) is 0 Å². The van der Waals surface area contributed by atoms with Crippen molar-refractivity contribution in [2.75, 3.05) is 6.54 Å². The van der Waals surface area contributed by atoms with E-state index in [0.717, 1.165) is 12.0 Å². The second kappa shape index (κ2) is 7.40. The Labute approximate surface area is 137 Å². The van der Waals surface area contributed by atoms with Gasteiger partial charge >= 0.3 is 0 Å². The molecule has 0 radical (unpaired) electrons.